The summed E-state index contributed by atoms with van der Waals surface area (Å²) in [4.78, 5) is 10.7. The average molecular weight is 250 g/mol. The van der Waals surface area contributed by atoms with Gasteiger partial charge in [-0.05, 0) is 25.0 Å². The van der Waals surface area contributed by atoms with E-state index < -0.39 is 5.97 Å². The van der Waals surface area contributed by atoms with E-state index in [2.05, 4.69) is 6.58 Å². The van der Waals surface area contributed by atoms with Crippen molar-refractivity contribution in [1.82, 2.24) is 0 Å². The minimum absolute atomic E-state index is 0.362. The monoisotopic (exact) mass is 250 g/mol. The lowest BCUT2D eigenvalue weighted by Crippen LogP contribution is -2.05. The first-order valence-electron chi connectivity index (χ1n) is 5.70. The van der Waals surface area contributed by atoms with Gasteiger partial charge in [0, 0.05) is 17.8 Å². The summed E-state index contributed by atoms with van der Waals surface area (Å²) in [5.74, 6) is 0.175. The van der Waals surface area contributed by atoms with E-state index in [1.54, 1.807) is 18.2 Å². The molecule has 0 saturated heterocycles. The van der Waals surface area contributed by atoms with Crippen LogP contribution in [-0.4, -0.2) is 19.2 Å². The molecule has 0 radical (unpaired) electrons. The van der Waals surface area contributed by atoms with Crippen molar-refractivity contribution < 1.29 is 14.3 Å². The highest BCUT2D eigenvalue weighted by molar-refractivity contribution is 5.81. The Hall–Kier alpha value is -2.17. The molecule has 0 heterocycles. The molecule has 5 nitrogen and oxygen atoms in total. The SMILES string of the molecule is C=CC(=O)OCCCCOc1cc(N)ccc1N. The lowest BCUT2D eigenvalue weighted by molar-refractivity contribution is -0.137. The van der Waals surface area contributed by atoms with Crippen molar-refractivity contribution in [2.24, 2.45) is 0 Å². The van der Waals surface area contributed by atoms with Gasteiger partial charge >= 0.3 is 5.97 Å². The third kappa shape index (κ3) is 4.78. The molecule has 18 heavy (non-hydrogen) atoms. The fourth-order valence-electron chi connectivity index (χ4n) is 1.29. The maximum absolute atomic E-state index is 10.7. The number of hydrogen-bond acceptors (Lipinski definition) is 5. The summed E-state index contributed by atoms with van der Waals surface area (Å²) in [7, 11) is 0. The Morgan fingerprint density at radius 1 is 1.28 bits per heavy atom. The van der Waals surface area contributed by atoms with Gasteiger partial charge in [0.25, 0.3) is 0 Å². The number of rotatable bonds is 7. The van der Waals surface area contributed by atoms with Crippen LogP contribution in [0.5, 0.6) is 5.75 Å². The van der Waals surface area contributed by atoms with Crippen molar-refractivity contribution in [1.29, 1.82) is 0 Å². The first-order valence-corrected chi connectivity index (χ1v) is 5.70. The zero-order valence-corrected chi connectivity index (χ0v) is 10.2. The normalized spacial score (nSPS) is 9.78. The third-order valence-electron chi connectivity index (χ3n) is 2.24. The van der Waals surface area contributed by atoms with Crippen LogP contribution in [-0.2, 0) is 9.53 Å². The molecule has 0 aromatic heterocycles. The third-order valence-corrected chi connectivity index (χ3v) is 2.24. The lowest BCUT2D eigenvalue weighted by Gasteiger charge is -2.09. The predicted molar refractivity (Wildman–Crippen MR) is 71.2 cm³/mol. The van der Waals surface area contributed by atoms with E-state index in [4.69, 9.17) is 20.9 Å². The van der Waals surface area contributed by atoms with Gasteiger partial charge in [-0.25, -0.2) is 4.79 Å². The zero-order valence-electron chi connectivity index (χ0n) is 10.2. The molecule has 5 heteroatoms. The quantitative estimate of drug-likeness (QED) is 0.333. The molecule has 0 spiro atoms. The van der Waals surface area contributed by atoms with Crippen LogP contribution in [0.3, 0.4) is 0 Å². The van der Waals surface area contributed by atoms with E-state index in [1.807, 2.05) is 0 Å². The zero-order chi connectivity index (χ0) is 13.4. The van der Waals surface area contributed by atoms with E-state index in [0.717, 1.165) is 18.9 Å². The second-order valence-electron chi connectivity index (χ2n) is 3.72. The van der Waals surface area contributed by atoms with Gasteiger partial charge in [0.15, 0.2) is 0 Å². The first kappa shape index (κ1) is 13.9. The Kier molecular flexibility index (Phi) is 5.57. The highest BCUT2D eigenvalue weighted by Crippen LogP contribution is 2.23. The Bertz CT molecular complexity index is 419. The minimum atomic E-state index is -0.406. The Morgan fingerprint density at radius 2 is 2.00 bits per heavy atom. The number of benzene rings is 1. The molecule has 1 aromatic rings. The lowest BCUT2D eigenvalue weighted by atomic mass is 10.2. The van der Waals surface area contributed by atoms with Gasteiger partial charge in [-0.15, -0.1) is 0 Å². The molecule has 0 aliphatic heterocycles. The van der Waals surface area contributed by atoms with Crippen LogP contribution in [0.1, 0.15) is 12.8 Å². The highest BCUT2D eigenvalue weighted by atomic mass is 16.5. The molecule has 0 aliphatic rings. The van der Waals surface area contributed by atoms with E-state index in [-0.39, 0.29) is 0 Å². The van der Waals surface area contributed by atoms with Gasteiger partial charge < -0.3 is 20.9 Å². The van der Waals surface area contributed by atoms with E-state index in [1.165, 1.54) is 0 Å². The smallest absolute Gasteiger partial charge is 0.330 e. The van der Waals surface area contributed by atoms with Gasteiger partial charge in [-0.3, -0.25) is 0 Å². The molecule has 0 aliphatic carbocycles. The Morgan fingerprint density at radius 3 is 2.72 bits per heavy atom. The van der Waals surface area contributed by atoms with Gasteiger partial charge in [-0.2, -0.15) is 0 Å². The number of esters is 1. The molecule has 1 aromatic carbocycles. The molecule has 0 fully saturated rings. The molecule has 1 rings (SSSR count). The standard InChI is InChI=1S/C13H18N2O3/c1-2-13(16)18-8-4-3-7-17-12-9-10(14)5-6-11(12)15/h2,5-6,9H,1,3-4,7-8,14-15H2. The topological polar surface area (TPSA) is 87.6 Å². The van der Waals surface area contributed by atoms with Crippen molar-refractivity contribution in [3.05, 3.63) is 30.9 Å². The summed E-state index contributed by atoms with van der Waals surface area (Å²) < 4.78 is 10.3. The van der Waals surface area contributed by atoms with E-state index in [0.29, 0.717) is 30.3 Å². The van der Waals surface area contributed by atoms with Crippen LogP contribution in [0, 0.1) is 0 Å². The van der Waals surface area contributed by atoms with Crippen molar-refractivity contribution in [3.63, 3.8) is 0 Å². The number of anilines is 2. The van der Waals surface area contributed by atoms with Crippen molar-refractivity contribution in [3.8, 4) is 5.75 Å². The summed E-state index contributed by atoms with van der Waals surface area (Å²) >= 11 is 0. The summed E-state index contributed by atoms with van der Waals surface area (Å²) in [6.45, 7) is 4.17. The molecular weight excluding hydrogens is 232 g/mol. The number of carbonyl (C=O) groups is 1. The highest BCUT2D eigenvalue weighted by Gasteiger charge is 2.01. The number of hydrogen-bond donors (Lipinski definition) is 2. The average Bonchev–Trinajstić information content (AvgIpc) is 2.37. The van der Waals surface area contributed by atoms with Gasteiger partial charge in [0.1, 0.15) is 5.75 Å². The summed E-state index contributed by atoms with van der Waals surface area (Å²) in [6.07, 6.45) is 2.63. The molecular formula is C13H18N2O3. The number of nitrogens with two attached hydrogens (primary N) is 2. The largest absolute Gasteiger partial charge is 0.491 e. The van der Waals surface area contributed by atoms with Gasteiger partial charge in [0.05, 0.1) is 18.9 Å². The fraction of sp³-hybridized carbons (Fsp3) is 0.308. The second kappa shape index (κ2) is 7.21. The molecule has 0 saturated carbocycles. The van der Waals surface area contributed by atoms with Crippen LogP contribution < -0.4 is 16.2 Å². The number of carbonyl (C=O) groups excluding carboxylic acids is 1. The molecule has 0 unspecified atom stereocenters. The number of nitrogen functional groups attached to an aromatic ring is 2. The van der Waals surface area contributed by atoms with Crippen LogP contribution >= 0.6 is 0 Å². The van der Waals surface area contributed by atoms with Crippen LogP contribution in [0.2, 0.25) is 0 Å². The Labute approximate surface area is 106 Å². The number of unbranched alkanes of at least 4 members (excludes halogenated alkanes) is 1. The van der Waals surface area contributed by atoms with Crippen molar-refractivity contribution >= 4 is 17.3 Å². The van der Waals surface area contributed by atoms with Crippen LogP contribution in [0.25, 0.3) is 0 Å². The maximum Gasteiger partial charge on any atom is 0.330 e. The molecule has 0 bridgehead atoms. The summed E-state index contributed by atoms with van der Waals surface area (Å²) in [5.41, 5.74) is 12.5. The minimum Gasteiger partial charge on any atom is -0.491 e. The van der Waals surface area contributed by atoms with Crippen LogP contribution in [0.15, 0.2) is 30.9 Å². The second-order valence-corrected chi connectivity index (χ2v) is 3.72. The van der Waals surface area contributed by atoms with Gasteiger partial charge in [-0.1, -0.05) is 6.58 Å². The predicted octanol–water partition coefficient (Wildman–Crippen LogP) is 1.74. The van der Waals surface area contributed by atoms with Crippen molar-refractivity contribution in [2.45, 2.75) is 12.8 Å². The molecule has 0 atom stereocenters. The first-order chi connectivity index (χ1) is 8.63. The molecule has 0 amide bonds. The summed E-state index contributed by atoms with van der Waals surface area (Å²) in [6, 6.07) is 5.11. The van der Waals surface area contributed by atoms with Gasteiger partial charge in [0.2, 0.25) is 0 Å². The number of ether oxygens (including phenoxy) is 2. The summed E-state index contributed by atoms with van der Waals surface area (Å²) in [5, 5.41) is 0. The van der Waals surface area contributed by atoms with E-state index >= 15 is 0 Å². The molecule has 4 N–H and O–H groups in total. The van der Waals surface area contributed by atoms with Crippen LogP contribution in [0.4, 0.5) is 11.4 Å². The van der Waals surface area contributed by atoms with E-state index in [9.17, 15) is 4.79 Å². The fourth-order valence-corrected chi connectivity index (χ4v) is 1.29. The Balaban J connectivity index is 2.19. The maximum atomic E-state index is 10.7. The van der Waals surface area contributed by atoms with Crippen molar-refractivity contribution in [2.75, 3.05) is 24.7 Å². The molecule has 98 valence electrons.